The van der Waals surface area contributed by atoms with Crippen LogP contribution in [0, 0.1) is 0 Å². The Kier molecular flexibility index (Phi) is 3.96. The molecule has 1 aliphatic heterocycles. The van der Waals surface area contributed by atoms with Gasteiger partial charge in [0, 0.05) is 21.6 Å². The van der Waals surface area contributed by atoms with Crippen LogP contribution in [0.3, 0.4) is 0 Å². The van der Waals surface area contributed by atoms with Crippen molar-refractivity contribution in [3.63, 3.8) is 0 Å². The highest BCUT2D eigenvalue weighted by Gasteiger charge is 2.28. The van der Waals surface area contributed by atoms with Crippen molar-refractivity contribution < 1.29 is 9.90 Å². The number of carboxylic acids is 1. The van der Waals surface area contributed by atoms with E-state index in [2.05, 4.69) is 26.2 Å². The van der Waals surface area contributed by atoms with Gasteiger partial charge in [0.2, 0.25) is 0 Å². The summed E-state index contributed by atoms with van der Waals surface area (Å²) in [4.78, 5) is 15.6. The molecule has 20 heavy (non-hydrogen) atoms. The second-order valence-electron chi connectivity index (χ2n) is 4.63. The number of hydrogen-bond acceptors (Lipinski definition) is 4. The Hall–Kier alpha value is -1.11. The third-order valence-electron chi connectivity index (χ3n) is 3.37. The normalized spacial score (nSPS) is 22.9. The Labute approximate surface area is 129 Å². The summed E-state index contributed by atoms with van der Waals surface area (Å²) in [6, 6.07) is 7.43. The number of hydrogen-bond donors (Lipinski definition) is 2. The molecule has 0 bridgehead atoms. The summed E-state index contributed by atoms with van der Waals surface area (Å²) in [6.45, 7) is 0. The van der Waals surface area contributed by atoms with Crippen LogP contribution in [0.15, 0.2) is 34.9 Å². The molecule has 104 valence electrons. The highest BCUT2D eigenvalue weighted by atomic mass is 79.9. The van der Waals surface area contributed by atoms with E-state index < -0.39 is 12.0 Å². The number of carboxylic acid groups (broad SMARTS) is 1. The number of fused-ring (bicyclic) bond motifs is 1. The molecule has 6 heteroatoms. The lowest BCUT2D eigenvalue weighted by Crippen LogP contribution is -2.41. The van der Waals surface area contributed by atoms with Gasteiger partial charge in [-0.1, -0.05) is 28.1 Å². The van der Waals surface area contributed by atoms with Gasteiger partial charge in [0.25, 0.3) is 0 Å². The largest absolute Gasteiger partial charge is 0.480 e. The van der Waals surface area contributed by atoms with E-state index in [1.807, 2.05) is 24.3 Å². The van der Waals surface area contributed by atoms with E-state index in [0.717, 1.165) is 26.7 Å². The first kappa shape index (κ1) is 13.9. The van der Waals surface area contributed by atoms with Crippen molar-refractivity contribution in [1.29, 1.82) is 0 Å². The van der Waals surface area contributed by atoms with Gasteiger partial charge in [-0.15, -0.1) is 11.8 Å². The maximum atomic E-state index is 11.2. The number of nitrogens with one attached hydrogen (secondary N) is 1. The van der Waals surface area contributed by atoms with Crippen LogP contribution in [0.1, 0.15) is 17.4 Å². The minimum atomic E-state index is -0.787. The highest BCUT2D eigenvalue weighted by Crippen LogP contribution is 2.36. The SMILES string of the molecule is O=C(O)C1CCSC(c2ccc(Br)c3cccnc23)N1. The van der Waals surface area contributed by atoms with Crippen LogP contribution in [0.2, 0.25) is 0 Å². The summed E-state index contributed by atoms with van der Waals surface area (Å²) in [5.74, 6) is 0.0450. The number of nitrogens with zero attached hydrogens (tertiary/aromatic N) is 1. The van der Waals surface area contributed by atoms with Gasteiger partial charge in [-0.25, -0.2) is 0 Å². The Morgan fingerprint density at radius 3 is 3.10 bits per heavy atom. The van der Waals surface area contributed by atoms with Gasteiger partial charge in [0.1, 0.15) is 6.04 Å². The van der Waals surface area contributed by atoms with Crippen LogP contribution >= 0.6 is 27.7 Å². The molecule has 1 saturated heterocycles. The van der Waals surface area contributed by atoms with Crippen LogP contribution in [-0.4, -0.2) is 27.9 Å². The van der Waals surface area contributed by atoms with Gasteiger partial charge in [-0.05, 0) is 24.3 Å². The zero-order valence-corrected chi connectivity index (χ0v) is 12.9. The molecule has 0 spiro atoms. The molecule has 2 atom stereocenters. The van der Waals surface area contributed by atoms with Gasteiger partial charge in [-0.3, -0.25) is 15.1 Å². The minimum absolute atomic E-state index is 0.0321. The molecule has 0 aliphatic carbocycles. The van der Waals surface area contributed by atoms with Crippen molar-refractivity contribution >= 4 is 44.6 Å². The topological polar surface area (TPSA) is 62.2 Å². The van der Waals surface area contributed by atoms with Gasteiger partial charge < -0.3 is 5.11 Å². The van der Waals surface area contributed by atoms with Crippen molar-refractivity contribution in [2.45, 2.75) is 17.8 Å². The van der Waals surface area contributed by atoms with Gasteiger partial charge in [0.15, 0.2) is 0 Å². The third kappa shape index (κ3) is 2.55. The molecule has 1 aromatic heterocycles. The van der Waals surface area contributed by atoms with Crippen LogP contribution in [0.5, 0.6) is 0 Å². The maximum absolute atomic E-state index is 11.2. The van der Waals surface area contributed by atoms with E-state index in [4.69, 9.17) is 5.11 Å². The lowest BCUT2D eigenvalue weighted by Gasteiger charge is -2.29. The number of rotatable bonds is 2. The average Bonchev–Trinajstić information content (AvgIpc) is 2.48. The smallest absolute Gasteiger partial charge is 0.320 e. The Bertz CT molecular complexity index is 665. The quantitative estimate of drug-likeness (QED) is 0.868. The first-order valence-electron chi connectivity index (χ1n) is 6.30. The van der Waals surface area contributed by atoms with Crippen molar-refractivity contribution in [2.75, 3.05) is 5.75 Å². The number of aromatic nitrogens is 1. The predicted octanol–water partition coefficient (Wildman–Crippen LogP) is 3.18. The first-order chi connectivity index (χ1) is 9.66. The number of halogens is 1. The second kappa shape index (κ2) is 5.71. The molecule has 2 unspecified atom stereocenters. The molecule has 4 nitrogen and oxygen atoms in total. The van der Waals surface area contributed by atoms with Crippen LogP contribution in [0.25, 0.3) is 10.9 Å². The number of pyridine rings is 1. The fourth-order valence-electron chi connectivity index (χ4n) is 2.36. The summed E-state index contributed by atoms with van der Waals surface area (Å²) in [6.07, 6.45) is 2.42. The van der Waals surface area contributed by atoms with Crippen molar-refractivity contribution in [2.24, 2.45) is 0 Å². The standard InChI is InChI=1S/C14H13BrN2O2S/c15-10-4-3-9(12-8(10)2-1-6-16-12)13-17-11(14(18)19)5-7-20-13/h1-4,6,11,13,17H,5,7H2,(H,18,19). The summed E-state index contributed by atoms with van der Waals surface area (Å²) in [5, 5.41) is 13.4. The zero-order chi connectivity index (χ0) is 14.1. The molecule has 0 radical (unpaired) electrons. The van der Waals surface area contributed by atoms with E-state index >= 15 is 0 Å². The molecular weight excluding hydrogens is 340 g/mol. The third-order valence-corrected chi connectivity index (χ3v) is 5.26. The van der Waals surface area contributed by atoms with Crippen molar-refractivity contribution in [3.05, 3.63) is 40.5 Å². The molecule has 1 aromatic carbocycles. The van der Waals surface area contributed by atoms with Crippen LogP contribution < -0.4 is 5.32 Å². The molecule has 3 rings (SSSR count). The molecule has 0 amide bonds. The first-order valence-corrected chi connectivity index (χ1v) is 8.14. The Morgan fingerprint density at radius 1 is 1.45 bits per heavy atom. The molecule has 1 fully saturated rings. The molecule has 2 heterocycles. The Morgan fingerprint density at radius 2 is 2.30 bits per heavy atom. The van der Waals surface area contributed by atoms with Crippen molar-refractivity contribution in [3.8, 4) is 0 Å². The number of aliphatic carboxylic acids is 1. The summed E-state index contributed by atoms with van der Waals surface area (Å²) < 4.78 is 1.000. The van der Waals surface area contributed by atoms with E-state index in [1.165, 1.54) is 0 Å². The Balaban J connectivity index is 2.02. The number of thioether (sulfide) groups is 1. The lowest BCUT2D eigenvalue weighted by molar-refractivity contribution is -0.139. The molecule has 2 N–H and O–H groups in total. The van der Waals surface area contributed by atoms with Gasteiger partial charge in [0.05, 0.1) is 10.9 Å². The van der Waals surface area contributed by atoms with Crippen molar-refractivity contribution in [1.82, 2.24) is 10.3 Å². The summed E-state index contributed by atoms with van der Waals surface area (Å²) >= 11 is 5.26. The highest BCUT2D eigenvalue weighted by molar-refractivity contribution is 9.10. The van der Waals surface area contributed by atoms with Gasteiger partial charge >= 0.3 is 5.97 Å². The lowest BCUT2D eigenvalue weighted by atomic mass is 10.1. The average molecular weight is 353 g/mol. The van der Waals surface area contributed by atoms with E-state index in [9.17, 15) is 4.79 Å². The van der Waals surface area contributed by atoms with E-state index in [-0.39, 0.29) is 5.37 Å². The maximum Gasteiger partial charge on any atom is 0.320 e. The van der Waals surface area contributed by atoms with E-state index in [1.54, 1.807) is 18.0 Å². The fourth-order valence-corrected chi connectivity index (χ4v) is 4.05. The summed E-state index contributed by atoms with van der Waals surface area (Å²) in [7, 11) is 0. The van der Waals surface area contributed by atoms with Crippen LogP contribution in [-0.2, 0) is 4.79 Å². The predicted molar refractivity (Wildman–Crippen MR) is 83.8 cm³/mol. The van der Waals surface area contributed by atoms with E-state index in [0.29, 0.717) is 6.42 Å². The summed E-state index contributed by atoms with van der Waals surface area (Å²) in [5.41, 5.74) is 1.96. The molecule has 2 aromatic rings. The molecular formula is C14H13BrN2O2S. The zero-order valence-electron chi connectivity index (χ0n) is 10.5. The number of benzene rings is 1. The minimum Gasteiger partial charge on any atom is -0.480 e. The number of carbonyl (C=O) groups is 1. The second-order valence-corrected chi connectivity index (χ2v) is 6.70. The fraction of sp³-hybridized carbons (Fsp3) is 0.286. The van der Waals surface area contributed by atoms with Crippen LogP contribution in [0.4, 0.5) is 0 Å². The van der Waals surface area contributed by atoms with Gasteiger partial charge in [-0.2, -0.15) is 0 Å². The monoisotopic (exact) mass is 352 g/mol. The molecule has 1 aliphatic rings. The molecule has 0 saturated carbocycles.